The lowest BCUT2D eigenvalue weighted by molar-refractivity contribution is 0.455. The molecule has 104 valence electrons. The average molecular weight is 385 g/mol. The number of nitrogens with zero attached hydrogens (tertiary/aromatic N) is 2. The van der Waals surface area contributed by atoms with Crippen molar-refractivity contribution in [2.75, 3.05) is 33.9 Å². The summed E-state index contributed by atoms with van der Waals surface area (Å²) in [5, 5.41) is 5.23. The molecule has 0 saturated heterocycles. The third kappa shape index (κ3) is 6.53. The van der Waals surface area contributed by atoms with E-state index >= 15 is 0 Å². The maximum atomic E-state index is 12.0. The number of hydrogen-bond acceptors (Lipinski definition) is 2. The summed E-state index contributed by atoms with van der Waals surface area (Å²) in [7, 11) is 3.75. The molecule has 0 aliphatic carbocycles. The summed E-state index contributed by atoms with van der Waals surface area (Å²) in [6.45, 7) is 1.26. The molecule has 1 heterocycles. The minimum absolute atomic E-state index is 0. The van der Waals surface area contributed by atoms with Crippen LogP contribution < -0.4 is 5.32 Å². The van der Waals surface area contributed by atoms with E-state index in [0.29, 0.717) is 13.0 Å². The van der Waals surface area contributed by atoms with Gasteiger partial charge in [0, 0.05) is 32.1 Å². The monoisotopic (exact) mass is 385 g/mol. The fraction of sp³-hybridized carbons (Fsp3) is 0.583. The topological polar surface area (TPSA) is 27.6 Å². The number of nitrogens with one attached hydrogen (secondary N) is 1. The lowest BCUT2D eigenvalue weighted by atomic mass is 10.3. The molecule has 1 aromatic heterocycles. The Bertz CT molecular complexity index is 330. The second-order valence-electron chi connectivity index (χ2n) is 3.77. The Morgan fingerprint density at radius 1 is 1.56 bits per heavy atom. The van der Waals surface area contributed by atoms with Gasteiger partial charge in [-0.3, -0.25) is 9.38 Å². The standard InChI is InChI=1S/C12H20FN3S.HI/c1-14-12(15-8-4-7-13)16(2)9-6-11-5-3-10-17-11;/h3,5,10H,4,6-9H2,1-2H3,(H,14,15);1H. The van der Waals surface area contributed by atoms with Crippen LogP contribution >= 0.6 is 35.3 Å². The zero-order valence-corrected chi connectivity index (χ0v) is 14.0. The van der Waals surface area contributed by atoms with E-state index < -0.39 is 0 Å². The number of halogens is 2. The van der Waals surface area contributed by atoms with Gasteiger partial charge in [-0.15, -0.1) is 35.3 Å². The highest BCUT2D eigenvalue weighted by Crippen LogP contribution is 2.09. The summed E-state index contributed by atoms with van der Waals surface area (Å²) < 4.78 is 12.0. The van der Waals surface area contributed by atoms with Gasteiger partial charge in [0.05, 0.1) is 6.67 Å². The minimum Gasteiger partial charge on any atom is -0.356 e. The highest BCUT2D eigenvalue weighted by atomic mass is 127. The maximum Gasteiger partial charge on any atom is 0.193 e. The molecule has 0 radical (unpaired) electrons. The fourth-order valence-corrected chi connectivity index (χ4v) is 2.19. The smallest absolute Gasteiger partial charge is 0.193 e. The number of alkyl halides is 1. The first-order chi connectivity index (χ1) is 8.27. The Kier molecular flexibility index (Phi) is 10.3. The molecule has 0 amide bonds. The molecule has 0 aromatic carbocycles. The Morgan fingerprint density at radius 2 is 2.33 bits per heavy atom. The van der Waals surface area contributed by atoms with Gasteiger partial charge >= 0.3 is 0 Å². The molecule has 0 bridgehead atoms. The van der Waals surface area contributed by atoms with Gasteiger partial charge < -0.3 is 10.2 Å². The molecule has 0 unspecified atom stereocenters. The number of aliphatic imine (C=N–C) groups is 1. The Hall–Kier alpha value is -0.370. The van der Waals surface area contributed by atoms with Crippen molar-refractivity contribution in [2.45, 2.75) is 12.8 Å². The second-order valence-corrected chi connectivity index (χ2v) is 4.80. The van der Waals surface area contributed by atoms with Gasteiger partial charge in [-0.2, -0.15) is 0 Å². The minimum atomic E-state index is -0.289. The van der Waals surface area contributed by atoms with E-state index in [1.54, 1.807) is 18.4 Å². The molecule has 0 saturated carbocycles. The molecule has 0 fully saturated rings. The van der Waals surface area contributed by atoms with Crippen LogP contribution in [0.3, 0.4) is 0 Å². The molecule has 6 heteroatoms. The Labute approximate surface area is 130 Å². The van der Waals surface area contributed by atoms with Crippen molar-refractivity contribution in [1.29, 1.82) is 0 Å². The van der Waals surface area contributed by atoms with Crippen molar-refractivity contribution < 1.29 is 4.39 Å². The second kappa shape index (κ2) is 10.5. The molecular formula is C12H21FIN3S. The normalized spacial score (nSPS) is 10.9. The van der Waals surface area contributed by atoms with Crippen LogP contribution in [0.5, 0.6) is 0 Å². The molecule has 0 aliphatic rings. The van der Waals surface area contributed by atoms with Crippen LogP contribution in [-0.2, 0) is 6.42 Å². The van der Waals surface area contributed by atoms with Crippen LogP contribution in [0.2, 0.25) is 0 Å². The van der Waals surface area contributed by atoms with Crippen LogP contribution in [0.1, 0.15) is 11.3 Å². The molecule has 3 nitrogen and oxygen atoms in total. The number of thiophene rings is 1. The Balaban J connectivity index is 0.00000289. The van der Waals surface area contributed by atoms with Gasteiger partial charge in [-0.05, 0) is 24.3 Å². The van der Waals surface area contributed by atoms with E-state index in [9.17, 15) is 4.39 Å². The van der Waals surface area contributed by atoms with Gasteiger partial charge in [-0.25, -0.2) is 0 Å². The predicted molar refractivity (Wildman–Crippen MR) is 88.0 cm³/mol. The third-order valence-corrected chi connectivity index (χ3v) is 3.38. The maximum absolute atomic E-state index is 12.0. The van der Waals surface area contributed by atoms with Crippen LogP contribution in [0.25, 0.3) is 0 Å². The van der Waals surface area contributed by atoms with Crippen LogP contribution in [0.15, 0.2) is 22.5 Å². The molecule has 0 atom stereocenters. The first-order valence-electron chi connectivity index (χ1n) is 5.78. The summed E-state index contributed by atoms with van der Waals surface area (Å²) in [5.41, 5.74) is 0. The Morgan fingerprint density at radius 3 is 2.89 bits per heavy atom. The lowest BCUT2D eigenvalue weighted by Gasteiger charge is -2.21. The van der Waals surface area contributed by atoms with E-state index in [1.807, 2.05) is 7.05 Å². The van der Waals surface area contributed by atoms with E-state index in [-0.39, 0.29) is 30.7 Å². The van der Waals surface area contributed by atoms with Crippen molar-refractivity contribution in [3.8, 4) is 0 Å². The SMILES string of the molecule is CN=C(NCCCF)N(C)CCc1cccs1.I. The van der Waals surface area contributed by atoms with Crippen molar-refractivity contribution in [3.63, 3.8) is 0 Å². The first kappa shape index (κ1) is 17.6. The highest BCUT2D eigenvalue weighted by Gasteiger charge is 2.05. The quantitative estimate of drug-likeness (QED) is 0.353. The van der Waals surface area contributed by atoms with E-state index in [1.165, 1.54) is 4.88 Å². The number of guanidine groups is 1. The van der Waals surface area contributed by atoms with Gasteiger partial charge in [-0.1, -0.05) is 6.07 Å². The molecule has 0 aliphatic heterocycles. The summed E-state index contributed by atoms with van der Waals surface area (Å²) in [6, 6.07) is 4.20. The summed E-state index contributed by atoms with van der Waals surface area (Å²) >= 11 is 1.77. The van der Waals surface area contributed by atoms with Gasteiger partial charge in [0.2, 0.25) is 0 Å². The number of hydrogen-bond donors (Lipinski definition) is 1. The molecule has 18 heavy (non-hydrogen) atoms. The molecule has 0 spiro atoms. The summed E-state index contributed by atoms with van der Waals surface area (Å²) in [6.07, 6.45) is 1.54. The van der Waals surface area contributed by atoms with Gasteiger partial charge in [0.15, 0.2) is 5.96 Å². The third-order valence-electron chi connectivity index (χ3n) is 2.44. The predicted octanol–water partition coefficient (Wildman–Crippen LogP) is 2.78. The van der Waals surface area contributed by atoms with E-state index in [2.05, 4.69) is 32.7 Å². The summed E-state index contributed by atoms with van der Waals surface area (Å²) in [4.78, 5) is 7.61. The fourth-order valence-electron chi connectivity index (χ4n) is 1.49. The van der Waals surface area contributed by atoms with Crippen molar-refractivity contribution in [1.82, 2.24) is 10.2 Å². The van der Waals surface area contributed by atoms with Crippen molar-refractivity contribution in [3.05, 3.63) is 22.4 Å². The zero-order chi connectivity index (χ0) is 12.5. The van der Waals surface area contributed by atoms with Gasteiger partial charge in [0.1, 0.15) is 0 Å². The van der Waals surface area contributed by atoms with Gasteiger partial charge in [0.25, 0.3) is 0 Å². The number of rotatable bonds is 6. The highest BCUT2D eigenvalue weighted by molar-refractivity contribution is 14.0. The van der Waals surface area contributed by atoms with Crippen molar-refractivity contribution >= 4 is 41.3 Å². The lowest BCUT2D eigenvalue weighted by Crippen LogP contribution is -2.40. The first-order valence-corrected chi connectivity index (χ1v) is 6.66. The van der Waals surface area contributed by atoms with Crippen LogP contribution in [-0.4, -0.2) is 44.7 Å². The molecule has 1 rings (SSSR count). The van der Waals surface area contributed by atoms with Crippen LogP contribution in [0.4, 0.5) is 4.39 Å². The number of likely N-dealkylation sites (N-methyl/N-ethyl adjacent to an activating group) is 1. The largest absolute Gasteiger partial charge is 0.356 e. The average Bonchev–Trinajstić information content (AvgIpc) is 2.85. The molecular weight excluding hydrogens is 364 g/mol. The van der Waals surface area contributed by atoms with E-state index in [4.69, 9.17) is 0 Å². The summed E-state index contributed by atoms with van der Waals surface area (Å²) in [5.74, 6) is 0.829. The van der Waals surface area contributed by atoms with Crippen molar-refractivity contribution in [2.24, 2.45) is 4.99 Å². The zero-order valence-electron chi connectivity index (χ0n) is 10.9. The molecule has 1 aromatic rings. The molecule has 1 N–H and O–H groups in total. The van der Waals surface area contributed by atoms with E-state index in [0.717, 1.165) is 18.9 Å². The van der Waals surface area contributed by atoms with Crippen LogP contribution in [0, 0.1) is 0 Å².